The van der Waals surface area contributed by atoms with Crippen LogP contribution in [0, 0.1) is 10.1 Å². The second kappa shape index (κ2) is 8.31. The Kier molecular flexibility index (Phi) is 6.14. The molecular weight excluding hydrogens is 296 g/mol. The summed E-state index contributed by atoms with van der Waals surface area (Å²) in [5, 5.41) is 13.5. The number of allylic oxidation sites excluding steroid dienone is 1. The molecule has 1 aromatic carbocycles. The van der Waals surface area contributed by atoms with Crippen LogP contribution < -0.4 is 10.1 Å². The summed E-state index contributed by atoms with van der Waals surface area (Å²) < 4.78 is 5.50. The van der Waals surface area contributed by atoms with Crippen molar-refractivity contribution in [2.24, 2.45) is 0 Å². The maximum absolute atomic E-state index is 12.0. The molecule has 1 aromatic rings. The molecule has 6 nitrogen and oxygen atoms in total. The van der Waals surface area contributed by atoms with Crippen molar-refractivity contribution in [3.05, 3.63) is 46.0 Å². The number of amides is 1. The maximum Gasteiger partial charge on any atom is 0.269 e. The molecule has 0 unspecified atom stereocenters. The van der Waals surface area contributed by atoms with Crippen molar-refractivity contribution in [1.82, 2.24) is 5.32 Å². The van der Waals surface area contributed by atoms with Gasteiger partial charge in [0, 0.05) is 18.7 Å². The van der Waals surface area contributed by atoms with E-state index in [0.717, 1.165) is 19.3 Å². The first-order valence-corrected chi connectivity index (χ1v) is 7.93. The van der Waals surface area contributed by atoms with E-state index >= 15 is 0 Å². The van der Waals surface area contributed by atoms with E-state index in [1.807, 2.05) is 0 Å². The predicted octanol–water partition coefficient (Wildman–Crippen LogP) is 3.37. The highest BCUT2D eigenvalue weighted by atomic mass is 16.6. The number of hydrogen-bond donors (Lipinski definition) is 1. The maximum atomic E-state index is 12.0. The Morgan fingerprint density at radius 2 is 2.09 bits per heavy atom. The van der Waals surface area contributed by atoms with Gasteiger partial charge in [0.1, 0.15) is 5.75 Å². The summed E-state index contributed by atoms with van der Waals surface area (Å²) in [4.78, 5) is 22.1. The van der Waals surface area contributed by atoms with Crippen molar-refractivity contribution in [3.8, 4) is 5.75 Å². The number of carbonyl (C=O) groups excluding carboxylic acids is 1. The van der Waals surface area contributed by atoms with Gasteiger partial charge in [-0.3, -0.25) is 14.9 Å². The van der Waals surface area contributed by atoms with Crippen molar-refractivity contribution >= 4 is 11.6 Å². The summed E-state index contributed by atoms with van der Waals surface area (Å²) in [7, 11) is 0. The average Bonchev–Trinajstić information content (AvgIpc) is 2.56. The van der Waals surface area contributed by atoms with Crippen LogP contribution in [0.3, 0.4) is 0 Å². The number of nitrogens with one attached hydrogen (secondary N) is 1. The third kappa shape index (κ3) is 5.39. The van der Waals surface area contributed by atoms with E-state index in [1.54, 1.807) is 6.92 Å². The molecule has 6 heteroatoms. The summed E-state index contributed by atoms with van der Waals surface area (Å²) in [6, 6.07) is 5.70. The van der Waals surface area contributed by atoms with Crippen LogP contribution in [0.15, 0.2) is 35.9 Å². The minimum atomic E-state index is -0.642. The Hall–Kier alpha value is -2.37. The summed E-state index contributed by atoms with van der Waals surface area (Å²) >= 11 is 0. The predicted molar refractivity (Wildman–Crippen MR) is 87.4 cm³/mol. The number of carbonyl (C=O) groups is 1. The summed E-state index contributed by atoms with van der Waals surface area (Å²) in [6.45, 7) is 2.27. The van der Waals surface area contributed by atoms with Gasteiger partial charge in [0.15, 0.2) is 6.10 Å². The first-order chi connectivity index (χ1) is 11.1. The van der Waals surface area contributed by atoms with Crippen LogP contribution in [-0.2, 0) is 4.79 Å². The third-order valence-electron chi connectivity index (χ3n) is 3.86. The van der Waals surface area contributed by atoms with Crippen LogP contribution in [0.5, 0.6) is 5.75 Å². The molecule has 0 saturated carbocycles. The van der Waals surface area contributed by atoms with Crippen LogP contribution >= 0.6 is 0 Å². The molecule has 0 bridgehead atoms. The number of nitrogens with zero attached hydrogens (tertiary/aromatic N) is 1. The molecule has 0 heterocycles. The molecule has 1 amide bonds. The van der Waals surface area contributed by atoms with Gasteiger partial charge in [-0.2, -0.15) is 0 Å². The fraction of sp³-hybridized carbons (Fsp3) is 0.471. The van der Waals surface area contributed by atoms with E-state index < -0.39 is 11.0 Å². The van der Waals surface area contributed by atoms with Crippen molar-refractivity contribution in [2.75, 3.05) is 6.54 Å². The number of nitro groups is 1. The van der Waals surface area contributed by atoms with Gasteiger partial charge in [0.25, 0.3) is 11.6 Å². The Morgan fingerprint density at radius 3 is 2.70 bits per heavy atom. The monoisotopic (exact) mass is 318 g/mol. The zero-order valence-corrected chi connectivity index (χ0v) is 13.3. The van der Waals surface area contributed by atoms with E-state index in [0.29, 0.717) is 12.3 Å². The Morgan fingerprint density at radius 1 is 1.35 bits per heavy atom. The lowest BCUT2D eigenvalue weighted by atomic mass is 9.97. The fourth-order valence-electron chi connectivity index (χ4n) is 2.53. The smallest absolute Gasteiger partial charge is 0.269 e. The molecule has 1 atom stereocenters. The molecule has 0 aromatic heterocycles. The van der Waals surface area contributed by atoms with Crippen molar-refractivity contribution in [3.63, 3.8) is 0 Å². The van der Waals surface area contributed by atoms with E-state index in [1.165, 1.54) is 42.7 Å². The topological polar surface area (TPSA) is 81.5 Å². The van der Waals surface area contributed by atoms with E-state index in [9.17, 15) is 14.9 Å². The van der Waals surface area contributed by atoms with Gasteiger partial charge in [-0.15, -0.1) is 0 Å². The summed E-state index contributed by atoms with van der Waals surface area (Å²) in [5.74, 6) is 0.257. The number of nitro benzene ring substituents is 1. The standard InChI is InChI=1S/C17H22N2O4/c1-13(23-16-9-7-15(8-10-16)19(21)22)17(20)18-12-11-14-5-3-2-4-6-14/h5,7-10,13H,2-4,6,11-12H2,1H3,(H,18,20)/t13-/m0/s1. The number of hydrogen-bond acceptors (Lipinski definition) is 4. The van der Waals surface area contributed by atoms with Gasteiger partial charge in [-0.25, -0.2) is 0 Å². The molecule has 2 rings (SSSR count). The average molecular weight is 318 g/mol. The largest absolute Gasteiger partial charge is 0.481 e. The fourth-order valence-corrected chi connectivity index (χ4v) is 2.53. The molecule has 1 N–H and O–H groups in total. The first-order valence-electron chi connectivity index (χ1n) is 7.93. The molecule has 0 fully saturated rings. The van der Waals surface area contributed by atoms with Gasteiger partial charge in [0.2, 0.25) is 0 Å². The number of ether oxygens (including phenoxy) is 1. The van der Waals surface area contributed by atoms with E-state index in [4.69, 9.17) is 4.74 Å². The molecule has 1 aliphatic rings. The van der Waals surface area contributed by atoms with Gasteiger partial charge < -0.3 is 10.1 Å². The molecule has 1 aliphatic carbocycles. The van der Waals surface area contributed by atoms with Crippen LogP contribution in [0.1, 0.15) is 39.0 Å². The van der Waals surface area contributed by atoms with Gasteiger partial charge >= 0.3 is 0 Å². The molecule has 0 spiro atoms. The second-order valence-electron chi connectivity index (χ2n) is 5.66. The quantitative estimate of drug-likeness (QED) is 0.475. The zero-order chi connectivity index (χ0) is 16.7. The molecule has 0 saturated heterocycles. The SMILES string of the molecule is C[C@H](Oc1ccc([N+](=O)[O-])cc1)C(=O)NCCC1=CCCCC1. The van der Waals surface area contributed by atoms with Crippen LogP contribution in [0.25, 0.3) is 0 Å². The summed E-state index contributed by atoms with van der Waals surface area (Å²) in [5.41, 5.74) is 1.41. The van der Waals surface area contributed by atoms with Crippen molar-refractivity contribution in [1.29, 1.82) is 0 Å². The highest BCUT2D eigenvalue weighted by molar-refractivity contribution is 5.80. The van der Waals surface area contributed by atoms with Crippen LogP contribution in [0.2, 0.25) is 0 Å². The van der Waals surface area contributed by atoms with Gasteiger partial charge in [0.05, 0.1) is 4.92 Å². The van der Waals surface area contributed by atoms with Gasteiger partial charge in [-0.1, -0.05) is 11.6 Å². The lowest BCUT2D eigenvalue weighted by molar-refractivity contribution is -0.384. The highest BCUT2D eigenvalue weighted by Crippen LogP contribution is 2.20. The molecule has 0 aliphatic heterocycles. The van der Waals surface area contributed by atoms with Crippen LogP contribution in [-0.4, -0.2) is 23.5 Å². The van der Waals surface area contributed by atoms with E-state index in [-0.39, 0.29) is 11.6 Å². The molecule has 23 heavy (non-hydrogen) atoms. The van der Waals surface area contributed by atoms with E-state index in [2.05, 4.69) is 11.4 Å². The molecular formula is C17H22N2O4. The minimum Gasteiger partial charge on any atom is -0.481 e. The Labute approximate surface area is 135 Å². The molecule has 0 radical (unpaired) electrons. The number of non-ortho nitro benzene ring substituents is 1. The number of rotatable bonds is 7. The Bertz CT molecular complexity index is 581. The summed E-state index contributed by atoms with van der Waals surface area (Å²) in [6.07, 6.45) is 7.28. The minimum absolute atomic E-state index is 0.00443. The second-order valence-corrected chi connectivity index (χ2v) is 5.66. The third-order valence-corrected chi connectivity index (χ3v) is 3.86. The first kappa shape index (κ1) is 17.0. The highest BCUT2D eigenvalue weighted by Gasteiger charge is 2.15. The number of benzene rings is 1. The van der Waals surface area contributed by atoms with Crippen molar-refractivity contribution in [2.45, 2.75) is 45.1 Å². The normalized spacial score (nSPS) is 15.4. The lowest BCUT2D eigenvalue weighted by Gasteiger charge is -2.16. The van der Waals surface area contributed by atoms with Gasteiger partial charge in [-0.05, 0) is 51.2 Å². The van der Waals surface area contributed by atoms with Crippen molar-refractivity contribution < 1.29 is 14.5 Å². The zero-order valence-electron chi connectivity index (χ0n) is 13.3. The lowest BCUT2D eigenvalue weighted by Crippen LogP contribution is -2.36. The molecule has 124 valence electrons. The Balaban J connectivity index is 1.75. The van der Waals surface area contributed by atoms with Crippen LogP contribution in [0.4, 0.5) is 5.69 Å².